The summed E-state index contributed by atoms with van der Waals surface area (Å²) >= 11 is 0. The van der Waals surface area contributed by atoms with E-state index in [0.29, 0.717) is 11.6 Å². The van der Waals surface area contributed by atoms with Gasteiger partial charge >= 0.3 is 0 Å². The highest BCUT2D eigenvalue weighted by molar-refractivity contribution is 5.65. The zero-order valence-electron chi connectivity index (χ0n) is 10.2. The van der Waals surface area contributed by atoms with E-state index in [4.69, 9.17) is 15.2 Å². The summed E-state index contributed by atoms with van der Waals surface area (Å²) in [5.74, 6) is 2.20. The molecule has 6 nitrogen and oxygen atoms in total. The minimum absolute atomic E-state index is 0.215. The molecule has 0 radical (unpaired) electrons. The van der Waals surface area contributed by atoms with E-state index in [9.17, 15) is 0 Å². The molecule has 0 fully saturated rings. The summed E-state index contributed by atoms with van der Waals surface area (Å²) in [5.41, 5.74) is 6.29. The number of nitrogens with zero attached hydrogens (tertiary/aromatic N) is 2. The van der Waals surface area contributed by atoms with Crippen molar-refractivity contribution in [1.29, 1.82) is 0 Å². The predicted molar refractivity (Wildman–Crippen MR) is 69.3 cm³/mol. The molecule has 0 aliphatic carbocycles. The standard InChI is InChI=1S/C12H14N4O2/c1-17-8-3-4-9(10(7-8)18-2)15-11-5-6-14-12(13)16-11/h3-7H,1-2H3,(H3,13,14,15,16). The van der Waals surface area contributed by atoms with Crippen LogP contribution >= 0.6 is 0 Å². The molecule has 1 heterocycles. The van der Waals surface area contributed by atoms with Gasteiger partial charge in [0.15, 0.2) is 0 Å². The lowest BCUT2D eigenvalue weighted by atomic mass is 10.2. The van der Waals surface area contributed by atoms with Crippen molar-refractivity contribution in [3.05, 3.63) is 30.5 Å². The van der Waals surface area contributed by atoms with Gasteiger partial charge in [-0.05, 0) is 18.2 Å². The summed E-state index contributed by atoms with van der Waals surface area (Å²) in [5, 5.41) is 3.10. The second kappa shape index (κ2) is 5.22. The van der Waals surface area contributed by atoms with E-state index in [1.165, 1.54) is 0 Å². The summed E-state index contributed by atoms with van der Waals surface area (Å²) in [4.78, 5) is 7.88. The number of nitrogens with two attached hydrogens (primary N) is 1. The van der Waals surface area contributed by atoms with Crippen molar-refractivity contribution in [1.82, 2.24) is 9.97 Å². The van der Waals surface area contributed by atoms with Crippen LogP contribution in [0.1, 0.15) is 0 Å². The fraction of sp³-hybridized carbons (Fsp3) is 0.167. The van der Waals surface area contributed by atoms with Gasteiger partial charge in [0.25, 0.3) is 0 Å². The molecule has 6 heteroatoms. The van der Waals surface area contributed by atoms with Crippen molar-refractivity contribution in [2.45, 2.75) is 0 Å². The van der Waals surface area contributed by atoms with Gasteiger partial charge in [0.1, 0.15) is 17.3 Å². The first-order chi connectivity index (χ1) is 8.72. The average Bonchev–Trinajstić information content (AvgIpc) is 2.39. The SMILES string of the molecule is COc1ccc(Nc2ccnc(N)n2)c(OC)c1. The summed E-state index contributed by atoms with van der Waals surface area (Å²) < 4.78 is 10.4. The van der Waals surface area contributed by atoms with Gasteiger partial charge in [0.05, 0.1) is 19.9 Å². The zero-order valence-corrected chi connectivity index (χ0v) is 10.2. The van der Waals surface area contributed by atoms with E-state index in [-0.39, 0.29) is 5.95 Å². The van der Waals surface area contributed by atoms with Crippen LogP contribution in [0, 0.1) is 0 Å². The number of rotatable bonds is 4. The molecule has 0 amide bonds. The summed E-state index contributed by atoms with van der Waals surface area (Å²) in [7, 11) is 3.20. The van der Waals surface area contributed by atoms with Gasteiger partial charge in [-0.15, -0.1) is 0 Å². The highest BCUT2D eigenvalue weighted by atomic mass is 16.5. The molecule has 0 atom stereocenters. The Morgan fingerprint density at radius 1 is 1.17 bits per heavy atom. The van der Waals surface area contributed by atoms with Gasteiger partial charge in [-0.1, -0.05) is 0 Å². The molecule has 2 rings (SSSR count). The fourth-order valence-corrected chi connectivity index (χ4v) is 1.48. The van der Waals surface area contributed by atoms with Crippen molar-refractivity contribution < 1.29 is 9.47 Å². The molecule has 0 bridgehead atoms. The van der Waals surface area contributed by atoms with Gasteiger partial charge in [-0.2, -0.15) is 4.98 Å². The summed E-state index contributed by atoms with van der Waals surface area (Å²) in [6, 6.07) is 7.18. The van der Waals surface area contributed by atoms with Crippen LogP contribution in [0.3, 0.4) is 0 Å². The lowest BCUT2D eigenvalue weighted by Crippen LogP contribution is -2.00. The van der Waals surface area contributed by atoms with Crippen molar-refractivity contribution in [2.24, 2.45) is 0 Å². The Balaban J connectivity index is 2.28. The van der Waals surface area contributed by atoms with Crippen LogP contribution in [0.4, 0.5) is 17.5 Å². The largest absolute Gasteiger partial charge is 0.497 e. The minimum atomic E-state index is 0.215. The molecule has 0 unspecified atom stereocenters. The lowest BCUT2D eigenvalue weighted by Gasteiger charge is -2.11. The van der Waals surface area contributed by atoms with E-state index >= 15 is 0 Å². The van der Waals surface area contributed by atoms with Crippen molar-refractivity contribution in [3.63, 3.8) is 0 Å². The molecule has 0 saturated heterocycles. The topological polar surface area (TPSA) is 82.3 Å². The molecule has 0 aliphatic rings. The first-order valence-corrected chi connectivity index (χ1v) is 5.30. The summed E-state index contributed by atoms with van der Waals surface area (Å²) in [6.45, 7) is 0. The molecule has 0 saturated carbocycles. The third-order valence-electron chi connectivity index (χ3n) is 2.35. The average molecular weight is 246 g/mol. The van der Waals surface area contributed by atoms with Gasteiger partial charge in [0, 0.05) is 12.3 Å². The Kier molecular flexibility index (Phi) is 3.47. The predicted octanol–water partition coefficient (Wildman–Crippen LogP) is 1.82. The Hall–Kier alpha value is -2.50. The number of hydrogen-bond donors (Lipinski definition) is 2. The lowest BCUT2D eigenvalue weighted by molar-refractivity contribution is 0.395. The Labute approximate surface area is 105 Å². The number of aromatic nitrogens is 2. The quantitative estimate of drug-likeness (QED) is 0.856. The number of nitrogens with one attached hydrogen (secondary N) is 1. The second-order valence-electron chi connectivity index (χ2n) is 3.49. The highest BCUT2D eigenvalue weighted by Gasteiger charge is 2.06. The number of methoxy groups -OCH3 is 2. The minimum Gasteiger partial charge on any atom is -0.497 e. The van der Waals surface area contributed by atoms with E-state index < -0.39 is 0 Å². The Morgan fingerprint density at radius 2 is 2.00 bits per heavy atom. The van der Waals surface area contributed by atoms with E-state index in [1.54, 1.807) is 32.5 Å². The molecular weight excluding hydrogens is 232 g/mol. The Morgan fingerprint density at radius 3 is 2.67 bits per heavy atom. The van der Waals surface area contributed by atoms with Gasteiger partial charge in [0.2, 0.25) is 5.95 Å². The van der Waals surface area contributed by atoms with Crippen molar-refractivity contribution >= 4 is 17.5 Å². The second-order valence-corrected chi connectivity index (χ2v) is 3.49. The molecule has 0 spiro atoms. The van der Waals surface area contributed by atoms with Crippen molar-refractivity contribution in [2.75, 3.05) is 25.3 Å². The molecule has 2 aromatic rings. The molecule has 1 aromatic heterocycles. The third-order valence-corrected chi connectivity index (χ3v) is 2.35. The maximum Gasteiger partial charge on any atom is 0.221 e. The van der Waals surface area contributed by atoms with Gasteiger partial charge in [-0.25, -0.2) is 4.98 Å². The maximum absolute atomic E-state index is 5.51. The smallest absolute Gasteiger partial charge is 0.221 e. The monoisotopic (exact) mass is 246 g/mol. The van der Waals surface area contributed by atoms with Crippen LogP contribution in [0.5, 0.6) is 11.5 Å². The number of benzene rings is 1. The maximum atomic E-state index is 5.51. The van der Waals surface area contributed by atoms with Gasteiger partial charge < -0.3 is 20.5 Å². The molecule has 18 heavy (non-hydrogen) atoms. The molecule has 1 aromatic carbocycles. The number of nitrogen functional groups attached to an aromatic ring is 1. The van der Waals surface area contributed by atoms with E-state index in [0.717, 1.165) is 11.4 Å². The fourth-order valence-electron chi connectivity index (χ4n) is 1.48. The van der Waals surface area contributed by atoms with E-state index in [2.05, 4.69) is 15.3 Å². The molecular formula is C12H14N4O2. The van der Waals surface area contributed by atoms with Crippen molar-refractivity contribution in [3.8, 4) is 11.5 Å². The first kappa shape index (κ1) is 12.0. The summed E-state index contributed by atoms with van der Waals surface area (Å²) in [6.07, 6.45) is 1.58. The van der Waals surface area contributed by atoms with E-state index in [1.807, 2.05) is 12.1 Å². The van der Waals surface area contributed by atoms with Crippen LogP contribution in [-0.2, 0) is 0 Å². The van der Waals surface area contributed by atoms with Crippen LogP contribution in [-0.4, -0.2) is 24.2 Å². The first-order valence-electron chi connectivity index (χ1n) is 5.30. The Bertz CT molecular complexity index is 545. The van der Waals surface area contributed by atoms with Crippen LogP contribution in [0.25, 0.3) is 0 Å². The third kappa shape index (κ3) is 2.60. The molecule has 94 valence electrons. The molecule has 3 N–H and O–H groups in total. The zero-order chi connectivity index (χ0) is 13.0. The van der Waals surface area contributed by atoms with Crippen LogP contribution < -0.4 is 20.5 Å². The van der Waals surface area contributed by atoms with Gasteiger partial charge in [-0.3, -0.25) is 0 Å². The van der Waals surface area contributed by atoms with Crippen LogP contribution in [0.15, 0.2) is 30.5 Å². The number of anilines is 3. The highest BCUT2D eigenvalue weighted by Crippen LogP contribution is 2.30. The van der Waals surface area contributed by atoms with Crippen LogP contribution in [0.2, 0.25) is 0 Å². The number of ether oxygens (including phenoxy) is 2. The number of hydrogen-bond acceptors (Lipinski definition) is 6. The normalized spacial score (nSPS) is 9.89. The molecule has 0 aliphatic heterocycles.